The first-order valence-electron chi connectivity index (χ1n) is 5.56. The summed E-state index contributed by atoms with van der Waals surface area (Å²) in [5.74, 6) is -0.938. The van der Waals surface area contributed by atoms with Crippen molar-refractivity contribution in [3.05, 3.63) is 10.4 Å². The van der Waals surface area contributed by atoms with Crippen LogP contribution in [0.2, 0.25) is 0 Å². The lowest BCUT2D eigenvalue weighted by Crippen LogP contribution is -2.47. The van der Waals surface area contributed by atoms with E-state index in [9.17, 15) is 9.59 Å². The maximum atomic E-state index is 11.8. The Morgan fingerprint density at radius 1 is 1.44 bits per heavy atom. The van der Waals surface area contributed by atoms with Crippen LogP contribution in [0.15, 0.2) is 5.11 Å². The molecule has 100 valence electrons. The lowest BCUT2D eigenvalue weighted by atomic mass is 10.1. The summed E-state index contributed by atoms with van der Waals surface area (Å²) in [4.78, 5) is 25.7. The quantitative estimate of drug-likeness (QED) is 0.266. The monoisotopic (exact) mass is 256 g/mol. The van der Waals surface area contributed by atoms with Crippen LogP contribution in [0.5, 0.6) is 0 Å². The van der Waals surface area contributed by atoms with Gasteiger partial charge in [-0.05, 0) is 45.7 Å². The minimum Gasteiger partial charge on any atom is -0.428 e. The molecule has 1 fully saturated rings. The van der Waals surface area contributed by atoms with Gasteiger partial charge in [0.05, 0.1) is 0 Å². The summed E-state index contributed by atoms with van der Waals surface area (Å²) in [6, 6.07) is 0. The highest BCUT2D eigenvalue weighted by Gasteiger charge is 2.43. The number of nitrogens with one attached hydrogen (secondary N) is 1. The fourth-order valence-corrected chi connectivity index (χ4v) is 1.54. The van der Waals surface area contributed by atoms with Gasteiger partial charge in [-0.1, -0.05) is 5.11 Å². The highest BCUT2D eigenvalue weighted by atomic mass is 16.7. The smallest absolute Gasteiger partial charge is 0.428 e. The molecule has 0 spiro atoms. The van der Waals surface area contributed by atoms with E-state index < -0.39 is 23.4 Å². The summed E-state index contributed by atoms with van der Waals surface area (Å²) in [5, 5.41) is 6.13. The molecule has 1 aliphatic rings. The zero-order chi connectivity index (χ0) is 13.8. The van der Waals surface area contributed by atoms with E-state index in [0.717, 1.165) is 0 Å². The van der Waals surface area contributed by atoms with Crippen molar-refractivity contribution < 1.29 is 19.1 Å². The maximum Gasteiger partial charge on any atom is 0.516 e. The van der Waals surface area contributed by atoms with E-state index in [4.69, 9.17) is 10.3 Å². The third-order valence-corrected chi connectivity index (χ3v) is 2.25. The van der Waals surface area contributed by atoms with E-state index in [1.165, 1.54) is 0 Å². The minimum absolute atomic E-state index is 0.290. The molecule has 0 aromatic rings. The molecule has 0 radical (unpaired) electrons. The van der Waals surface area contributed by atoms with E-state index in [0.29, 0.717) is 19.4 Å². The molecule has 8 nitrogen and oxygen atoms in total. The van der Waals surface area contributed by atoms with E-state index in [2.05, 4.69) is 20.1 Å². The molecule has 0 unspecified atom stereocenters. The number of carbonyl (C=O) groups is 2. The molecule has 0 bridgehead atoms. The number of hydrogen-bond acceptors (Lipinski definition) is 6. The van der Waals surface area contributed by atoms with Gasteiger partial charge in [-0.25, -0.2) is 9.59 Å². The van der Waals surface area contributed by atoms with E-state index >= 15 is 0 Å². The van der Waals surface area contributed by atoms with Crippen LogP contribution in [0.4, 0.5) is 4.79 Å². The number of nitrogens with zero attached hydrogens (tertiary/aromatic N) is 3. The van der Waals surface area contributed by atoms with Crippen molar-refractivity contribution in [3.63, 3.8) is 0 Å². The fraction of sp³-hybridized carbons (Fsp3) is 0.800. The number of hydrogen-bond donors (Lipinski definition) is 1. The molecule has 18 heavy (non-hydrogen) atoms. The lowest BCUT2D eigenvalue weighted by Gasteiger charge is -2.22. The average molecular weight is 256 g/mol. The maximum absolute atomic E-state index is 11.8. The fourth-order valence-electron chi connectivity index (χ4n) is 1.54. The van der Waals surface area contributed by atoms with Crippen molar-refractivity contribution in [1.29, 1.82) is 0 Å². The van der Waals surface area contributed by atoms with Crippen LogP contribution < -0.4 is 5.32 Å². The first-order chi connectivity index (χ1) is 8.29. The van der Waals surface area contributed by atoms with Crippen LogP contribution in [0.3, 0.4) is 0 Å². The molecule has 1 N–H and O–H groups in total. The number of esters is 1. The number of carbonyl (C=O) groups excluding carboxylic acids is 2. The van der Waals surface area contributed by atoms with Gasteiger partial charge in [0.1, 0.15) is 5.60 Å². The Kier molecular flexibility index (Phi) is 4.15. The topological polar surface area (TPSA) is 113 Å². The van der Waals surface area contributed by atoms with Crippen molar-refractivity contribution in [1.82, 2.24) is 5.32 Å². The summed E-state index contributed by atoms with van der Waals surface area (Å²) in [7, 11) is 0. The zero-order valence-corrected chi connectivity index (χ0v) is 10.6. The summed E-state index contributed by atoms with van der Waals surface area (Å²) >= 11 is 0. The highest BCUT2D eigenvalue weighted by molar-refractivity contribution is 5.89. The molecular weight excluding hydrogens is 240 g/mol. The molecule has 1 aliphatic heterocycles. The van der Waals surface area contributed by atoms with Gasteiger partial charge in [-0.2, -0.15) is 0 Å². The molecule has 1 saturated heterocycles. The van der Waals surface area contributed by atoms with Gasteiger partial charge in [-0.3, -0.25) is 5.32 Å². The third-order valence-electron chi connectivity index (χ3n) is 2.25. The predicted molar refractivity (Wildman–Crippen MR) is 61.4 cm³/mol. The van der Waals surface area contributed by atoms with Gasteiger partial charge in [0, 0.05) is 4.91 Å². The normalized spacial score (nSPS) is 23.1. The van der Waals surface area contributed by atoms with Crippen molar-refractivity contribution in [3.8, 4) is 0 Å². The Labute approximate surface area is 104 Å². The van der Waals surface area contributed by atoms with E-state index in [1.807, 2.05) is 0 Å². The second-order valence-corrected chi connectivity index (χ2v) is 4.93. The average Bonchev–Trinajstić information content (AvgIpc) is 2.64. The van der Waals surface area contributed by atoms with Gasteiger partial charge in [0.15, 0.2) is 5.66 Å². The number of azide groups is 1. The van der Waals surface area contributed by atoms with Crippen molar-refractivity contribution in [2.75, 3.05) is 6.54 Å². The first kappa shape index (κ1) is 14.3. The van der Waals surface area contributed by atoms with Crippen LogP contribution in [-0.2, 0) is 14.3 Å². The molecule has 0 amide bonds. The minimum atomic E-state index is -1.49. The first-order valence-corrected chi connectivity index (χ1v) is 5.56. The molecular formula is C10H16N4O4. The number of ether oxygens (including phenoxy) is 2. The van der Waals surface area contributed by atoms with Crippen molar-refractivity contribution >= 4 is 12.1 Å². The molecule has 1 heterocycles. The Morgan fingerprint density at radius 3 is 2.56 bits per heavy atom. The summed E-state index contributed by atoms with van der Waals surface area (Å²) in [6.07, 6.45) is -0.157. The molecule has 0 aromatic carbocycles. The molecule has 0 saturated carbocycles. The van der Waals surface area contributed by atoms with E-state index in [1.54, 1.807) is 20.8 Å². The van der Waals surface area contributed by atoms with Crippen LogP contribution >= 0.6 is 0 Å². The summed E-state index contributed by atoms with van der Waals surface area (Å²) < 4.78 is 9.39. The van der Waals surface area contributed by atoms with Crippen LogP contribution in [0.1, 0.15) is 33.6 Å². The standard InChI is InChI=1S/C10H16N4O4/c1-9(2,3)18-8(16)17-7(15)10(13-14-11)5-4-6-12-10/h12H,4-6H2,1-3H3/t10-/m1/s1. The number of rotatable bonds is 2. The Bertz CT molecular complexity index is 389. The predicted octanol–water partition coefficient (Wildman–Crippen LogP) is 1.85. The summed E-state index contributed by atoms with van der Waals surface area (Å²) in [5.41, 5.74) is 6.20. The van der Waals surface area contributed by atoms with Crippen LogP contribution in [-0.4, -0.2) is 29.9 Å². The van der Waals surface area contributed by atoms with Gasteiger partial charge in [0.25, 0.3) is 0 Å². The van der Waals surface area contributed by atoms with Crippen molar-refractivity contribution in [2.45, 2.75) is 44.9 Å². The van der Waals surface area contributed by atoms with Gasteiger partial charge >= 0.3 is 12.1 Å². The Morgan fingerprint density at radius 2 is 2.11 bits per heavy atom. The largest absolute Gasteiger partial charge is 0.516 e. The zero-order valence-electron chi connectivity index (χ0n) is 10.6. The lowest BCUT2D eigenvalue weighted by molar-refractivity contribution is -0.148. The van der Waals surface area contributed by atoms with Crippen LogP contribution in [0, 0.1) is 0 Å². The van der Waals surface area contributed by atoms with Gasteiger partial charge in [-0.15, -0.1) is 0 Å². The molecule has 1 rings (SSSR count). The second-order valence-electron chi connectivity index (χ2n) is 4.93. The molecule has 1 atom stereocenters. The van der Waals surface area contributed by atoms with Gasteiger partial charge in [0.2, 0.25) is 0 Å². The van der Waals surface area contributed by atoms with Crippen LogP contribution in [0.25, 0.3) is 10.4 Å². The Balaban J connectivity index is 2.69. The second kappa shape index (κ2) is 5.24. The highest BCUT2D eigenvalue weighted by Crippen LogP contribution is 2.23. The SMILES string of the molecule is CC(C)(C)OC(=O)OC(=O)[C@]1(N=[N+]=[N-])CCCN1. The third kappa shape index (κ3) is 3.61. The van der Waals surface area contributed by atoms with Gasteiger partial charge < -0.3 is 9.47 Å². The van der Waals surface area contributed by atoms with Crippen molar-refractivity contribution in [2.24, 2.45) is 5.11 Å². The Hall–Kier alpha value is -1.79. The molecule has 0 aliphatic carbocycles. The molecule has 0 aromatic heterocycles. The molecule has 8 heteroatoms. The van der Waals surface area contributed by atoms with E-state index in [-0.39, 0.29) is 0 Å². The summed E-state index contributed by atoms with van der Waals surface area (Å²) in [6.45, 7) is 5.46.